The quantitative estimate of drug-likeness (QED) is 0.208. The number of para-hydroxylation sites is 1. The minimum absolute atomic E-state index is 0.0382. The molecule has 3 rings (SSSR count). The number of aromatic amines is 1. The standard InChI is InChI=1S/C25H35N5O5S/c1-14(2)10-19(28-22(31)18-8-5-9-26-18)23(32)30-21(13-36)24(33)29-20(25(34)35)11-15-12-27-17-7-4-3-6-16(15)17/h3-4,6-7,12,14,18-21,26-27,36H,5,8-11,13H2,1-2H3,(H,28,31)(H,29,33)(H,30,32)(H,34,35). The first kappa shape index (κ1) is 27.5. The van der Waals surface area contributed by atoms with Crippen LogP contribution in [-0.4, -0.2) is 70.2 Å². The Hall–Kier alpha value is -3.05. The van der Waals surface area contributed by atoms with Gasteiger partial charge in [-0.15, -0.1) is 0 Å². The van der Waals surface area contributed by atoms with Gasteiger partial charge in [0.1, 0.15) is 18.1 Å². The Morgan fingerprint density at radius 2 is 1.75 bits per heavy atom. The third kappa shape index (κ3) is 7.23. The number of carbonyl (C=O) groups is 4. The number of aromatic nitrogens is 1. The van der Waals surface area contributed by atoms with E-state index in [0.29, 0.717) is 12.8 Å². The Balaban J connectivity index is 1.65. The van der Waals surface area contributed by atoms with Crippen molar-refractivity contribution in [1.29, 1.82) is 0 Å². The van der Waals surface area contributed by atoms with Crippen LogP contribution in [0.5, 0.6) is 0 Å². The van der Waals surface area contributed by atoms with Crippen molar-refractivity contribution in [2.45, 2.75) is 63.7 Å². The molecule has 4 unspecified atom stereocenters. The SMILES string of the molecule is CC(C)CC(NC(=O)C1CCCN1)C(=O)NC(CS)C(=O)NC(Cc1c[nH]c2ccccc12)C(=O)O. The summed E-state index contributed by atoms with van der Waals surface area (Å²) in [5.41, 5.74) is 1.62. The van der Waals surface area contributed by atoms with Crippen molar-refractivity contribution in [3.8, 4) is 0 Å². The molecule has 0 aliphatic carbocycles. The van der Waals surface area contributed by atoms with E-state index < -0.39 is 35.9 Å². The van der Waals surface area contributed by atoms with Gasteiger partial charge >= 0.3 is 5.97 Å². The summed E-state index contributed by atoms with van der Waals surface area (Å²) in [7, 11) is 0. The number of hydrogen-bond acceptors (Lipinski definition) is 6. The average Bonchev–Trinajstić information content (AvgIpc) is 3.52. The molecule has 0 radical (unpaired) electrons. The molecule has 2 aromatic rings. The second kappa shape index (κ2) is 12.8. The Morgan fingerprint density at radius 1 is 1.06 bits per heavy atom. The zero-order valence-corrected chi connectivity index (χ0v) is 21.4. The second-order valence-electron chi connectivity index (χ2n) is 9.55. The Labute approximate surface area is 215 Å². The number of carboxylic acids is 1. The van der Waals surface area contributed by atoms with E-state index in [1.165, 1.54) is 0 Å². The molecule has 2 heterocycles. The van der Waals surface area contributed by atoms with Crippen molar-refractivity contribution in [2.75, 3.05) is 12.3 Å². The van der Waals surface area contributed by atoms with Crippen LogP contribution in [-0.2, 0) is 25.6 Å². The molecule has 11 heteroatoms. The first-order valence-electron chi connectivity index (χ1n) is 12.2. The van der Waals surface area contributed by atoms with Gasteiger partial charge in [-0.05, 0) is 43.4 Å². The summed E-state index contributed by atoms with van der Waals surface area (Å²) in [6, 6.07) is 4.07. The molecule has 0 spiro atoms. The van der Waals surface area contributed by atoms with E-state index in [9.17, 15) is 24.3 Å². The van der Waals surface area contributed by atoms with Crippen molar-refractivity contribution < 1.29 is 24.3 Å². The highest BCUT2D eigenvalue weighted by Crippen LogP contribution is 2.19. The molecular formula is C25H35N5O5S. The van der Waals surface area contributed by atoms with E-state index in [4.69, 9.17) is 0 Å². The monoisotopic (exact) mass is 517 g/mol. The highest BCUT2D eigenvalue weighted by atomic mass is 32.1. The van der Waals surface area contributed by atoms with Crippen molar-refractivity contribution in [2.24, 2.45) is 5.92 Å². The van der Waals surface area contributed by atoms with E-state index in [1.807, 2.05) is 38.1 Å². The summed E-state index contributed by atoms with van der Waals surface area (Å²) >= 11 is 4.20. The van der Waals surface area contributed by atoms with E-state index in [-0.39, 0.29) is 30.0 Å². The van der Waals surface area contributed by atoms with Crippen LogP contribution < -0.4 is 21.3 Å². The lowest BCUT2D eigenvalue weighted by Crippen LogP contribution is -2.58. The van der Waals surface area contributed by atoms with Crippen LogP contribution in [0.1, 0.15) is 38.7 Å². The zero-order chi connectivity index (χ0) is 26.2. The minimum Gasteiger partial charge on any atom is -0.480 e. The number of H-pyrrole nitrogens is 1. The second-order valence-corrected chi connectivity index (χ2v) is 9.91. The maximum atomic E-state index is 13.0. The summed E-state index contributed by atoms with van der Waals surface area (Å²) < 4.78 is 0. The molecule has 1 fully saturated rings. The molecule has 4 atom stereocenters. The first-order valence-corrected chi connectivity index (χ1v) is 12.9. The summed E-state index contributed by atoms with van der Waals surface area (Å²) in [5, 5.41) is 21.7. The number of rotatable bonds is 12. The van der Waals surface area contributed by atoms with Crippen LogP contribution in [0.3, 0.4) is 0 Å². The van der Waals surface area contributed by atoms with Crippen LogP contribution in [0.2, 0.25) is 0 Å². The Bertz CT molecular complexity index is 1080. The van der Waals surface area contributed by atoms with Crippen molar-refractivity contribution in [3.63, 3.8) is 0 Å². The predicted octanol–water partition coefficient (Wildman–Crippen LogP) is 0.977. The lowest BCUT2D eigenvalue weighted by atomic mass is 10.0. The summed E-state index contributed by atoms with van der Waals surface area (Å²) in [5.74, 6) is -2.51. The number of aliphatic carboxylic acids is 1. The molecule has 0 saturated carbocycles. The summed E-state index contributed by atoms with van der Waals surface area (Å²) in [6.07, 6.45) is 3.78. The fraction of sp³-hybridized carbons (Fsp3) is 0.520. The average molecular weight is 518 g/mol. The highest BCUT2D eigenvalue weighted by Gasteiger charge is 2.31. The third-order valence-electron chi connectivity index (χ3n) is 6.25. The molecule has 0 bridgehead atoms. The minimum atomic E-state index is -1.20. The van der Waals surface area contributed by atoms with E-state index in [1.54, 1.807) is 6.20 Å². The normalized spacial score (nSPS) is 17.9. The van der Waals surface area contributed by atoms with Crippen molar-refractivity contribution >= 4 is 47.2 Å². The fourth-order valence-electron chi connectivity index (χ4n) is 4.34. The van der Waals surface area contributed by atoms with Crippen molar-refractivity contribution in [3.05, 3.63) is 36.0 Å². The van der Waals surface area contributed by atoms with Gasteiger partial charge in [0.25, 0.3) is 0 Å². The number of nitrogens with one attached hydrogen (secondary N) is 5. The molecule has 3 amide bonds. The van der Waals surface area contributed by atoms with Crippen LogP contribution in [0.4, 0.5) is 0 Å². The van der Waals surface area contributed by atoms with Crippen molar-refractivity contribution in [1.82, 2.24) is 26.3 Å². The lowest BCUT2D eigenvalue weighted by Gasteiger charge is -2.25. The third-order valence-corrected chi connectivity index (χ3v) is 6.61. The number of thiol groups is 1. The molecule has 6 N–H and O–H groups in total. The number of fused-ring (bicyclic) bond motifs is 1. The molecule has 1 aromatic heterocycles. The van der Waals surface area contributed by atoms with E-state index in [0.717, 1.165) is 29.4 Å². The number of amides is 3. The van der Waals surface area contributed by atoms with Gasteiger partial charge in [-0.25, -0.2) is 4.79 Å². The van der Waals surface area contributed by atoms with E-state index in [2.05, 4.69) is 38.9 Å². The summed E-state index contributed by atoms with van der Waals surface area (Å²) in [4.78, 5) is 53.6. The zero-order valence-electron chi connectivity index (χ0n) is 20.5. The van der Waals surface area contributed by atoms with Gasteiger partial charge in [-0.1, -0.05) is 32.0 Å². The molecule has 1 aliphatic heterocycles. The first-order chi connectivity index (χ1) is 17.2. The van der Waals surface area contributed by atoms with Gasteiger partial charge in [0, 0.05) is 29.3 Å². The van der Waals surface area contributed by atoms with Gasteiger partial charge in [-0.2, -0.15) is 12.6 Å². The topological polar surface area (TPSA) is 152 Å². The lowest BCUT2D eigenvalue weighted by molar-refractivity contribution is -0.142. The van der Waals surface area contributed by atoms with Gasteiger partial charge < -0.3 is 31.4 Å². The van der Waals surface area contributed by atoms with Crippen LogP contribution in [0, 0.1) is 5.92 Å². The van der Waals surface area contributed by atoms with Gasteiger partial charge in [0.15, 0.2) is 0 Å². The molecule has 36 heavy (non-hydrogen) atoms. The Kier molecular flexibility index (Phi) is 9.77. The smallest absolute Gasteiger partial charge is 0.326 e. The number of carboxylic acid groups (broad SMARTS) is 1. The predicted molar refractivity (Wildman–Crippen MR) is 140 cm³/mol. The molecule has 10 nitrogen and oxygen atoms in total. The fourth-order valence-corrected chi connectivity index (χ4v) is 4.60. The number of carbonyl (C=O) groups excluding carboxylic acids is 3. The summed E-state index contributed by atoms with van der Waals surface area (Å²) in [6.45, 7) is 4.63. The maximum Gasteiger partial charge on any atom is 0.326 e. The molecular weight excluding hydrogens is 482 g/mol. The number of benzene rings is 1. The van der Waals surface area contributed by atoms with Gasteiger partial charge in [-0.3, -0.25) is 14.4 Å². The molecule has 1 aromatic carbocycles. The Morgan fingerprint density at radius 3 is 2.39 bits per heavy atom. The molecule has 1 aliphatic rings. The maximum absolute atomic E-state index is 13.0. The largest absolute Gasteiger partial charge is 0.480 e. The molecule has 1 saturated heterocycles. The van der Waals surface area contributed by atoms with Gasteiger partial charge in [0.2, 0.25) is 17.7 Å². The van der Waals surface area contributed by atoms with Crippen LogP contribution in [0.15, 0.2) is 30.5 Å². The van der Waals surface area contributed by atoms with Gasteiger partial charge in [0.05, 0.1) is 6.04 Å². The molecule has 196 valence electrons. The highest BCUT2D eigenvalue weighted by molar-refractivity contribution is 7.80. The number of hydrogen-bond donors (Lipinski definition) is 7. The van der Waals surface area contributed by atoms with Crippen LogP contribution in [0.25, 0.3) is 10.9 Å². The van der Waals surface area contributed by atoms with E-state index >= 15 is 0 Å². The van der Waals surface area contributed by atoms with Crippen LogP contribution >= 0.6 is 12.6 Å².